The molecule has 0 aliphatic carbocycles. The Labute approximate surface area is 112 Å². The summed E-state index contributed by atoms with van der Waals surface area (Å²) >= 11 is 0. The minimum absolute atomic E-state index is 0.299. The Morgan fingerprint density at radius 3 is 3.00 bits per heavy atom. The molecule has 6 nitrogen and oxygen atoms in total. The number of hydrogen-bond donors (Lipinski definition) is 1. The van der Waals surface area contributed by atoms with Crippen LogP contribution in [0.25, 0.3) is 0 Å². The van der Waals surface area contributed by atoms with Crippen LogP contribution in [0.2, 0.25) is 0 Å². The molecule has 6 heteroatoms. The van der Waals surface area contributed by atoms with Gasteiger partial charge in [0.2, 0.25) is 0 Å². The fourth-order valence-corrected chi connectivity index (χ4v) is 2.67. The second-order valence-corrected chi connectivity index (χ2v) is 5.17. The van der Waals surface area contributed by atoms with Gasteiger partial charge < -0.3 is 4.52 Å². The molecule has 0 aromatic carbocycles. The van der Waals surface area contributed by atoms with Crippen molar-refractivity contribution in [3.63, 3.8) is 0 Å². The Morgan fingerprint density at radius 1 is 1.42 bits per heavy atom. The number of aromatic nitrogens is 4. The molecular formula is C13H19N5O. The van der Waals surface area contributed by atoms with E-state index in [4.69, 9.17) is 4.52 Å². The van der Waals surface area contributed by atoms with E-state index in [9.17, 15) is 0 Å². The van der Waals surface area contributed by atoms with Crippen LogP contribution in [0.3, 0.4) is 0 Å². The van der Waals surface area contributed by atoms with Crippen LogP contribution in [0, 0.1) is 13.8 Å². The zero-order valence-corrected chi connectivity index (χ0v) is 11.4. The van der Waals surface area contributed by atoms with Crippen molar-refractivity contribution in [1.29, 1.82) is 0 Å². The van der Waals surface area contributed by atoms with E-state index in [0.717, 1.165) is 42.5 Å². The van der Waals surface area contributed by atoms with Gasteiger partial charge in [-0.2, -0.15) is 5.10 Å². The Morgan fingerprint density at radius 2 is 2.32 bits per heavy atom. The molecule has 3 rings (SSSR count). The van der Waals surface area contributed by atoms with E-state index in [0.29, 0.717) is 6.04 Å². The lowest BCUT2D eigenvalue weighted by Gasteiger charge is -2.33. The first-order valence-electron chi connectivity index (χ1n) is 6.77. The number of aromatic amines is 1. The molecule has 1 saturated heterocycles. The van der Waals surface area contributed by atoms with Gasteiger partial charge >= 0.3 is 0 Å². The number of H-pyrrole nitrogens is 1. The van der Waals surface area contributed by atoms with Gasteiger partial charge in [-0.05, 0) is 33.2 Å². The van der Waals surface area contributed by atoms with Crippen molar-refractivity contribution >= 4 is 0 Å². The predicted molar refractivity (Wildman–Crippen MR) is 69.4 cm³/mol. The Balaban J connectivity index is 1.79. The van der Waals surface area contributed by atoms with Crippen molar-refractivity contribution < 1.29 is 4.52 Å². The molecule has 2 aromatic heterocycles. The summed E-state index contributed by atoms with van der Waals surface area (Å²) in [6.45, 7) is 5.82. The molecule has 0 bridgehead atoms. The van der Waals surface area contributed by atoms with Crippen LogP contribution in [0.5, 0.6) is 0 Å². The summed E-state index contributed by atoms with van der Waals surface area (Å²) in [6, 6.07) is 0.299. The lowest BCUT2D eigenvalue weighted by Crippen LogP contribution is -2.33. The SMILES string of the molecule is Cc1nc([C@@H]2CCCCN2Cc2cnoc2C)n[nH]1. The lowest BCUT2D eigenvalue weighted by atomic mass is 10.0. The molecule has 0 spiro atoms. The smallest absolute Gasteiger partial charge is 0.167 e. The zero-order chi connectivity index (χ0) is 13.2. The third kappa shape index (κ3) is 2.53. The van der Waals surface area contributed by atoms with Gasteiger partial charge in [0.05, 0.1) is 12.2 Å². The summed E-state index contributed by atoms with van der Waals surface area (Å²) in [5.41, 5.74) is 1.15. The number of rotatable bonds is 3. The maximum atomic E-state index is 5.14. The average molecular weight is 261 g/mol. The molecular weight excluding hydrogens is 242 g/mol. The summed E-state index contributed by atoms with van der Waals surface area (Å²) < 4.78 is 5.14. The molecule has 3 heterocycles. The fraction of sp³-hybridized carbons (Fsp3) is 0.615. The Kier molecular flexibility index (Phi) is 3.33. The molecule has 1 fully saturated rings. The summed E-state index contributed by atoms with van der Waals surface area (Å²) in [5, 5.41) is 11.1. The summed E-state index contributed by atoms with van der Waals surface area (Å²) in [6.07, 6.45) is 5.38. The molecule has 1 atom stereocenters. The van der Waals surface area contributed by atoms with Gasteiger partial charge in [0, 0.05) is 12.1 Å². The van der Waals surface area contributed by atoms with Crippen molar-refractivity contribution in [2.45, 2.75) is 45.7 Å². The van der Waals surface area contributed by atoms with E-state index in [1.165, 1.54) is 12.8 Å². The molecule has 102 valence electrons. The Bertz CT molecular complexity index is 547. The molecule has 0 radical (unpaired) electrons. The average Bonchev–Trinajstić information content (AvgIpc) is 3.00. The van der Waals surface area contributed by atoms with E-state index in [2.05, 4.69) is 25.2 Å². The number of piperidine rings is 1. The molecule has 0 unspecified atom stereocenters. The normalized spacial score (nSPS) is 20.8. The maximum Gasteiger partial charge on any atom is 0.167 e. The van der Waals surface area contributed by atoms with Crippen molar-refractivity contribution in [3.8, 4) is 0 Å². The summed E-state index contributed by atoms with van der Waals surface area (Å²) in [4.78, 5) is 6.91. The van der Waals surface area contributed by atoms with Gasteiger partial charge in [-0.1, -0.05) is 11.6 Å². The van der Waals surface area contributed by atoms with Crippen LogP contribution in [0.4, 0.5) is 0 Å². The van der Waals surface area contributed by atoms with E-state index in [1.54, 1.807) is 0 Å². The minimum Gasteiger partial charge on any atom is -0.361 e. The van der Waals surface area contributed by atoms with Gasteiger partial charge in [0.25, 0.3) is 0 Å². The van der Waals surface area contributed by atoms with Gasteiger partial charge in [0.15, 0.2) is 5.82 Å². The van der Waals surface area contributed by atoms with Gasteiger partial charge in [0.1, 0.15) is 11.6 Å². The topological polar surface area (TPSA) is 70.8 Å². The van der Waals surface area contributed by atoms with E-state index >= 15 is 0 Å². The van der Waals surface area contributed by atoms with Crippen LogP contribution in [0.1, 0.15) is 48.3 Å². The summed E-state index contributed by atoms with van der Waals surface area (Å²) in [7, 11) is 0. The third-order valence-electron chi connectivity index (χ3n) is 3.75. The molecule has 0 saturated carbocycles. The first-order valence-corrected chi connectivity index (χ1v) is 6.77. The van der Waals surface area contributed by atoms with Crippen molar-refractivity contribution in [2.75, 3.05) is 6.54 Å². The minimum atomic E-state index is 0.299. The zero-order valence-electron chi connectivity index (χ0n) is 11.4. The van der Waals surface area contributed by atoms with Crippen molar-refractivity contribution in [1.82, 2.24) is 25.2 Å². The van der Waals surface area contributed by atoms with Crippen LogP contribution >= 0.6 is 0 Å². The monoisotopic (exact) mass is 261 g/mol. The lowest BCUT2D eigenvalue weighted by molar-refractivity contribution is 0.133. The number of nitrogens with one attached hydrogen (secondary N) is 1. The van der Waals surface area contributed by atoms with Crippen molar-refractivity contribution in [3.05, 3.63) is 29.2 Å². The third-order valence-corrected chi connectivity index (χ3v) is 3.75. The largest absolute Gasteiger partial charge is 0.361 e. The fourth-order valence-electron chi connectivity index (χ4n) is 2.67. The highest BCUT2D eigenvalue weighted by Crippen LogP contribution is 2.30. The molecule has 0 amide bonds. The van der Waals surface area contributed by atoms with Crippen LogP contribution in [0.15, 0.2) is 10.7 Å². The molecule has 1 N–H and O–H groups in total. The molecule has 1 aliphatic heterocycles. The Hall–Kier alpha value is -1.69. The van der Waals surface area contributed by atoms with Crippen LogP contribution in [-0.2, 0) is 6.54 Å². The van der Waals surface area contributed by atoms with E-state index in [1.807, 2.05) is 20.0 Å². The number of likely N-dealkylation sites (tertiary alicyclic amines) is 1. The second kappa shape index (κ2) is 5.13. The van der Waals surface area contributed by atoms with Crippen LogP contribution < -0.4 is 0 Å². The number of nitrogens with zero attached hydrogens (tertiary/aromatic N) is 4. The predicted octanol–water partition coefficient (Wildman–Crippen LogP) is 2.14. The molecule has 2 aromatic rings. The first-order chi connectivity index (χ1) is 9.24. The molecule has 19 heavy (non-hydrogen) atoms. The van der Waals surface area contributed by atoms with Gasteiger partial charge in [-0.25, -0.2) is 4.98 Å². The van der Waals surface area contributed by atoms with Crippen molar-refractivity contribution in [2.24, 2.45) is 0 Å². The summed E-state index contributed by atoms with van der Waals surface area (Å²) in [5.74, 6) is 2.68. The van der Waals surface area contributed by atoms with E-state index in [-0.39, 0.29) is 0 Å². The maximum absolute atomic E-state index is 5.14. The highest BCUT2D eigenvalue weighted by Gasteiger charge is 2.27. The van der Waals surface area contributed by atoms with Crippen LogP contribution in [-0.4, -0.2) is 31.8 Å². The quantitative estimate of drug-likeness (QED) is 0.916. The van der Waals surface area contributed by atoms with E-state index < -0.39 is 0 Å². The number of hydrogen-bond acceptors (Lipinski definition) is 5. The second-order valence-electron chi connectivity index (χ2n) is 5.17. The first kappa shape index (κ1) is 12.3. The standard InChI is InChI=1S/C13H19N5O/c1-9-11(7-14-19-9)8-18-6-4-3-5-12(18)13-15-10(2)16-17-13/h7,12H,3-6,8H2,1-2H3,(H,15,16,17)/t12-/m0/s1. The van der Waals surface area contributed by atoms with Gasteiger partial charge in [-0.15, -0.1) is 0 Å². The van der Waals surface area contributed by atoms with Gasteiger partial charge in [-0.3, -0.25) is 10.00 Å². The number of aryl methyl sites for hydroxylation is 2. The highest BCUT2D eigenvalue weighted by molar-refractivity contribution is 5.12. The molecule has 1 aliphatic rings. The highest BCUT2D eigenvalue weighted by atomic mass is 16.5.